The van der Waals surface area contributed by atoms with Crippen LogP contribution in [-0.2, 0) is 4.74 Å². The molecule has 2 heterocycles. The zero-order chi connectivity index (χ0) is 13.8. The van der Waals surface area contributed by atoms with Crippen molar-refractivity contribution >= 4 is 16.8 Å². The van der Waals surface area contributed by atoms with Crippen LogP contribution in [0.25, 0.3) is 10.9 Å². The number of amides is 1. The number of carbonyl (C=O) groups is 1. The first kappa shape index (κ1) is 13.1. The van der Waals surface area contributed by atoms with Crippen molar-refractivity contribution in [2.45, 2.75) is 0 Å². The minimum atomic E-state index is -0.0326. The van der Waals surface area contributed by atoms with Crippen molar-refractivity contribution in [2.24, 2.45) is 0 Å². The fourth-order valence-corrected chi connectivity index (χ4v) is 2.38. The van der Waals surface area contributed by atoms with Gasteiger partial charge in [-0.25, -0.2) is 0 Å². The molecule has 1 radical (unpaired) electrons. The molecule has 5 heteroatoms. The fraction of sp³-hybridized carbons (Fsp3) is 0.400. The van der Waals surface area contributed by atoms with Gasteiger partial charge in [0.1, 0.15) is 0 Å². The van der Waals surface area contributed by atoms with E-state index < -0.39 is 0 Å². The molecule has 1 amide bonds. The lowest BCUT2D eigenvalue weighted by Crippen LogP contribution is -2.41. The van der Waals surface area contributed by atoms with E-state index in [1.54, 1.807) is 6.20 Å². The summed E-state index contributed by atoms with van der Waals surface area (Å²) in [5.41, 5.74) is 1.61. The van der Waals surface area contributed by atoms with E-state index in [0.29, 0.717) is 12.1 Å². The molecule has 0 saturated carbocycles. The minimum Gasteiger partial charge on any atom is -0.379 e. The monoisotopic (exact) mass is 272 g/mol. The molecular weight excluding hydrogens is 254 g/mol. The predicted molar refractivity (Wildman–Crippen MR) is 76.7 cm³/mol. The molecule has 2 N–H and O–H groups in total. The molecule has 0 atom stereocenters. The Kier molecular flexibility index (Phi) is 3.99. The third-order valence-corrected chi connectivity index (χ3v) is 3.55. The summed E-state index contributed by atoms with van der Waals surface area (Å²) in [6, 6.07) is 8.66. The maximum absolute atomic E-state index is 12.1. The maximum Gasteiger partial charge on any atom is 0.251 e. The Morgan fingerprint density at radius 3 is 3.10 bits per heavy atom. The first-order chi connectivity index (χ1) is 9.83. The van der Waals surface area contributed by atoms with Gasteiger partial charge in [-0.15, -0.1) is 0 Å². The first-order valence-electron chi connectivity index (χ1n) is 6.90. The number of rotatable bonds is 4. The Balaban J connectivity index is 1.53. The number of carbonyl (C=O) groups excluding carboxylic acids is 1. The van der Waals surface area contributed by atoms with E-state index in [4.69, 9.17) is 4.74 Å². The summed E-state index contributed by atoms with van der Waals surface area (Å²) in [5.74, 6) is -0.0326. The zero-order valence-electron chi connectivity index (χ0n) is 11.3. The summed E-state index contributed by atoms with van der Waals surface area (Å²) in [5, 5.41) is 3.95. The second-order valence-corrected chi connectivity index (χ2v) is 4.90. The Bertz CT molecular complexity index is 588. The highest BCUT2D eigenvalue weighted by atomic mass is 16.5. The highest BCUT2D eigenvalue weighted by Crippen LogP contribution is 2.13. The molecule has 105 valence electrons. The SMILES string of the molecule is O=C(NCCN1CCOCC1)c1ccc2[c]c[nH]c2c1. The van der Waals surface area contributed by atoms with Gasteiger partial charge >= 0.3 is 0 Å². The number of nitrogens with one attached hydrogen (secondary N) is 2. The van der Waals surface area contributed by atoms with Gasteiger partial charge in [-0.3, -0.25) is 9.69 Å². The quantitative estimate of drug-likeness (QED) is 0.874. The molecule has 1 aromatic carbocycles. The average Bonchev–Trinajstić information content (AvgIpc) is 2.95. The van der Waals surface area contributed by atoms with Crippen LogP contribution in [0.15, 0.2) is 24.4 Å². The molecule has 0 spiro atoms. The molecule has 2 aromatic rings. The molecule has 1 aliphatic rings. The van der Waals surface area contributed by atoms with Gasteiger partial charge in [-0.05, 0) is 12.1 Å². The van der Waals surface area contributed by atoms with Crippen molar-refractivity contribution in [3.8, 4) is 0 Å². The van der Waals surface area contributed by atoms with E-state index in [-0.39, 0.29) is 5.91 Å². The molecule has 1 aromatic heterocycles. The van der Waals surface area contributed by atoms with Crippen LogP contribution < -0.4 is 5.32 Å². The number of hydrogen-bond donors (Lipinski definition) is 2. The lowest BCUT2D eigenvalue weighted by atomic mass is 10.1. The summed E-state index contributed by atoms with van der Waals surface area (Å²) >= 11 is 0. The number of morpholine rings is 1. The smallest absolute Gasteiger partial charge is 0.251 e. The molecule has 5 nitrogen and oxygen atoms in total. The molecule has 20 heavy (non-hydrogen) atoms. The molecule has 3 rings (SSSR count). The van der Waals surface area contributed by atoms with Gasteiger partial charge in [0.05, 0.1) is 13.2 Å². The molecule has 0 aliphatic carbocycles. The van der Waals surface area contributed by atoms with E-state index in [1.165, 1.54) is 0 Å². The van der Waals surface area contributed by atoms with Crippen molar-refractivity contribution < 1.29 is 9.53 Å². The number of benzene rings is 1. The molecule has 1 fully saturated rings. The Labute approximate surface area is 117 Å². The maximum atomic E-state index is 12.1. The number of fused-ring (bicyclic) bond motifs is 1. The molecule has 1 aliphatic heterocycles. The van der Waals surface area contributed by atoms with E-state index in [0.717, 1.165) is 43.8 Å². The van der Waals surface area contributed by atoms with Crippen molar-refractivity contribution in [2.75, 3.05) is 39.4 Å². The van der Waals surface area contributed by atoms with E-state index in [9.17, 15) is 4.79 Å². The second kappa shape index (κ2) is 6.07. The molecule has 0 unspecified atom stereocenters. The van der Waals surface area contributed by atoms with E-state index in [2.05, 4.69) is 21.3 Å². The highest BCUT2D eigenvalue weighted by molar-refractivity contribution is 5.97. The summed E-state index contributed by atoms with van der Waals surface area (Å²) < 4.78 is 5.29. The van der Waals surface area contributed by atoms with Crippen molar-refractivity contribution in [3.05, 3.63) is 36.0 Å². The lowest BCUT2D eigenvalue weighted by molar-refractivity contribution is 0.0383. The normalized spacial score (nSPS) is 16.4. The van der Waals surface area contributed by atoms with Gasteiger partial charge in [0.25, 0.3) is 5.91 Å². The first-order valence-corrected chi connectivity index (χ1v) is 6.90. The van der Waals surface area contributed by atoms with E-state index >= 15 is 0 Å². The third-order valence-electron chi connectivity index (χ3n) is 3.55. The second-order valence-electron chi connectivity index (χ2n) is 4.90. The van der Waals surface area contributed by atoms with Gasteiger partial charge in [0, 0.05) is 54.9 Å². The van der Waals surface area contributed by atoms with Gasteiger partial charge in [0.15, 0.2) is 0 Å². The van der Waals surface area contributed by atoms with Crippen molar-refractivity contribution in [1.29, 1.82) is 0 Å². The van der Waals surface area contributed by atoms with E-state index in [1.807, 2.05) is 18.2 Å². The summed E-state index contributed by atoms with van der Waals surface area (Å²) in [7, 11) is 0. The van der Waals surface area contributed by atoms with Gasteiger partial charge < -0.3 is 15.0 Å². The van der Waals surface area contributed by atoms with Crippen molar-refractivity contribution in [3.63, 3.8) is 0 Å². The van der Waals surface area contributed by atoms with Crippen LogP contribution in [-0.4, -0.2) is 55.2 Å². The fourth-order valence-electron chi connectivity index (χ4n) is 2.38. The standard InChI is InChI=1S/C15H18N3O2/c19-15(17-5-6-18-7-9-20-10-8-18)13-2-1-12-3-4-16-14(12)11-13/h1-2,4,11,16H,5-10H2,(H,17,19). The topological polar surface area (TPSA) is 57.4 Å². The minimum absolute atomic E-state index is 0.0326. The average molecular weight is 272 g/mol. The lowest BCUT2D eigenvalue weighted by Gasteiger charge is -2.26. The number of aromatic amines is 1. The van der Waals surface area contributed by atoms with Crippen LogP contribution in [0.3, 0.4) is 0 Å². The number of aromatic nitrogens is 1. The van der Waals surface area contributed by atoms with Crippen LogP contribution in [0, 0.1) is 6.07 Å². The van der Waals surface area contributed by atoms with Crippen LogP contribution in [0.5, 0.6) is 0 Å². The van der Waals surface area contributed by atoms with Crippen LogP contribution in [0.1, 0.15) is 10.4 Å². The number of H-pyrrole nitrogens is 1. The highest BCUT2D eigenvalue weighted by Gasteiger charge is 2.11. The third kappa shape index (κ3) is 3.00. The number of ether oxygens (including phenoxy) is 1. The summed E-state index contributed by atoms with van der Waals surface area (Å²) in [4.78, 5) is 17.4. The Morgan fingerprint density at radius 1 is 1.40 bits per heavy atom. The number of nitrogens with zero attached hydrogens (tertiary/aromatic N) is 1. The summed E-state index contributed by atoms with van der Waals surface area (Å²) in [6.07, 6.45) is 1.75. The predicted octanol–water partition coefficient (Wildman–Crippen LogP) is 1.03. The Hall–Kier alpha value is -1.85. The zero-order valence-corrected chi connectivity index (χ0v) is 11.3. The Morgan fingerprint density at radius 2 is 2.25 bits per heavy atom. The van der Waals surface area contributed by atoms with Crippen molar-refractivity contribution in [1.82, 2.24) is 15.2 Å². The molecule has 0 bridgehead atoms. The summed E-state index contributed by atoms with van der Waals surface area (Å²) in [6.45, 7) is 4.99. The van der Waals surface area contributed by atoms with Crippen LogP contribution >= 0.6 is 0 Å². The van der Waals surface area contributed by atoms with Crippen LogP contribution in [0.2, 0.25) is 0 Å². The molecular formula is C15H18N3O2. The van der Waals surface area contributed by atoms with Crippen LogP contribution in [0.4, 0.5) is 0 Å². The van der Waals surface area contributed by atoms with Gasteiger partial charge in [0.2, 0.25) is 0 Å². The van der Waals surface area contributed by atoms with Gasteiger partial charge in [-0.2, -0.15) is 0 Å². The molecule has 1 saturated heterocycles. The number of hydrogen-bond acceptors (Lipinski definition) is 3. The largest absolute Gasteiger partial charge is 0.379 e. The van der Waals surface area contributed by atoms with Gasteiger partial charge in [-0.1, -0.05) is 6.07 Å².